The van der Waals surface area contributed by atoms with Crippen LogP contribution in [-0.4, -0.2) is 19.1 Å². The molecule has 2 N–H and O–H groups in total. The third-order valence-electron chi connectivity index (χ3n) is 3.46. The highest BCUT2D eigenvalue weighted by atomic mass is 35.5. The van der Waals surface area contributed by atoms with Crippen molar-refractivity contribution in [1.82, 2.24) is 5.32 Å². The fraction of sp³-hybridized carbons (Fsp3) is 0.278. The SMILES string of the molecule is CCOc1ccccc1NC(=O)CN[C@@H](C)c1ccc(Cl)cc1Cl. The second-order valence-corrected chi connectivity index (χ2v) is 6.09. The lowest BCUT2D eigenvalue weighted by atomic mass is 10.1. The van der Waals surface area contributed by atoms with Crippen molar-refractivity contribution in [3.05, 3.63) is 58.1 Å². The Morgan fingerprint density at radius 1 is 1.21 bits per heavy atom. The Kier molecular flexibility index (Phi) is 6.91. The molecule has 2 aromatic rings. The average Bonchev–Trinajstić information content (AvgIpc) is 2.55. The van der Waals surface area contributed by atoms with E-state index >= 15 is 0 Å². The zero-order chi connectivity index (χ0) is 17.5. The van der Waals surface area contributed by atoms with Gasteiger partial charge in [0.25, 0.3) is 0 Å². The Labute approximate surface area is 152 Å². The maximum Gasteiger partial charge on any atom is 0.238 e. The van der Waals surface area contributed by atoms with Gasteiger partial charge in [0.15, 0.2) is 0 Å². The predicted molar refractivity (Wildman–Crippen MR) is 99.1 cm³/mol. The van der Waals surface area contributed by atoms with E-state index in [9.17, 15) is 4.79 Å². The third kappa shape index (κ3) is 5.13. The lowest BCUT2D eigenvalue weighted by Gasteiger charge is -2.16. The molecule has 2 aromatic carbocycles. The molecular formula is C18H20Cl2N2O2. The van der Waals surface area contributed by atoms with Crippen molar-refractivity contribution in [3.8, 4) is 5.75 Å². The van der Waals surface area contributed by atoms with Gasteiger partial charge in [0.05, 0.1) is 18.8 Å². The molecule has 0 spiro atoms. The first-order valence-corrected chi connectivity index (χ1v) is 8.47. The van der Waals surface area contributed by atoms with Gasteiger partial charge in [-0.3, -0.25) is 4.79 Å². The summed E-state index contributed by atoms with van der Waals surface area (Å²) in [6.07, 6.45) is 0. The van der Waals surface area contributed by atoms with Crippen molar-refractivity contribution in [2.45, 2.75) is 19.9 Å². The number of para-hydroxylation sites is 2. The summed E-state index contributed by atoms with van der Waals surface area (Å²) in [5.74, 6) is 0.501. The van der Waals surface area contributed by atoms with Crippen LogP contribution in [0.1, 0.15) is 25.5 Å². The van der Waals surface area contributed by atoms with E-state index in [-0.39, 0.29) is 18.5 Å². The summed E-state index contributed by atoms with van der Waals surface area (Å²) in [7, 11) is 0. The van der Waals surface area contributed by atoms with Crippen LogP contribution >= 0.6 is 23.2 Å². The van der Waals surface area contributed by atoms with Crippen LogP contribution < -0.4 is 15.4 Å². The number of halogens is 2. The van der Waals surface area contributed by atoms with Crippen molar-refractivity contribution < 1.29 is 9.53 Å². The van der Waals surface area contributed by atoms with Crippen LogP contribution in [0.3, 0.4) is 0 Å². The van der Waals surface area contributed by atoms with Gasteiger partial charge < -0.3 is 15.4 Å². The molecule has 0 bridgehead atoms. The maximum atomic E-state index is 12.2. The van der Waals surface area contributed by atoms with Gasteiger partial charge in [0.2, 0.25) is 5.91 Å². The first-order valence-electron chi connectivity index (χ1n) is 7.71. The molecule has 0 unspecified atom stereocenters. The number of carbonyl (C=O) groups excluding carboxylic acids is 1. The monoisotopic (exact) mass is 366 g/mol. The highest BCUT2D eigenvalue weighted by Crippen LogP contribution is 2.26. The van der Waals surface area contributed by atoms with Crippen molar-refractivity contribution in [2.24, 2.45) is 0 Å². The van der Waals surface area contributed by atoms with E-state index in [4.69, 9.17) is 27.9 Å². The Bertz CT molecular complexity index is 707. The Morgan fingerprint density at radius 2 is 1.96 bits per heavy atom. The molecule has 4 nitrogen and oxygen atoms in total. The fourth-order valence-corrected chi connectivity index (χ4v) is 2.83. The predicted octanol–water partition coefficient (Wildman–Crippen LogP) is 4.68. The minimum atomic E-state index is -0.154. The van der Waals surface area contributed by atoms with E-state index in [1.165, 1.54) is 0 Å². The number of ether oxygens (including phenoxy) is 1. The van der Waals surface area contributed by atoms with Crippen LogP contribution in [-0.2, 0) is 4.79 Å². The summed E-state index contributed by atoms with van der Waals surface area (Å²) in [5, 5.41) is 7.15. The third-order valence-corrected chi connectivity index (χ3v) is 4.02. The number of benzene rings is 2. The lowest BCUT2D eigenvalue weighted by molar-refractivity contribution is -0.115. The summed E-state index contributed by atoms with van der Waals surface area (Å²) in [4.78, 5) is 12.2. The van der Waals surface area contributed by atoms with Crippen LogP contribution in [0.15, 0.2) is 42.5 Å². The molecule has 1 atom stereocenters. The zero-order valence-corrected chi connectivity index (χ0v) is 15.1. The molecule has 0 aliphatic rings. The molecule has 0 aliphatic carbocycles. The molecule has 128 valence electrons. The van der Waals surface area contributed by atoms with E-state index in [0.717, 1.165) is 5.56 Å². The van der Waals surface area contributed by atoms with Gasteiger partial charge in [-0.15, -0.1) is 0 Å². The summed E-state index contributed by atoms with van der Waals surface area (Å²) in [5.41, 5.74) is 1.55. The molecule has 0 radical (unpaired) electrons. The van der Waals surface area contributed by atoms with Gasteiger partial charge >= 0.3 is 0 Å². The van der Waals surface area contributed by atoms with Crippen LogP contribution in [0.4, 0.5) is 5.69 Å². The summed E-state index contributed by atoms with van der Waals surface area (Å²) in [6, 6.07) is 12.6. The van der Waals surface area contributed by atoms with E-state index in [1.54, 1.807) is 12.1 Å². The van der Waals surface area contributed by atoms with Crippen molar-refractivity contribution >= 4 is 34.8 Å². The Balaban J connectivity index is 1.93. The molecule has 0 aliphatic heterocycles. The average molecular weight is 367 g/mol. The van der Waals surface area contributed by atoms with Crippen molar-refractivity contribution in [2.75, 3.05) is 18.5 Å². The maximum absolute atomic E-state index is 12.2. The highest BCUT2D eigenvalue weighted by Gasteiger charge is 2.12. The van der Waals surface area contributed by atoms with Gasteiger partial charge in [0, 0.05) is 16.1 Å². The van der Waals surface area contributed by atoms with Gasteiger partial charge in [-0.05, 0) is 43.7 Å². The quantitative estimate of drug-likeness (QED) is 0.747. The van der Waals surface area contributed by atoms with Crippen LogP contribution in [0.25, 0.3) is 0 Å². The van der Waals surface area contributed by atoms with Crippen LogP contribution in [0.5, 0.6) is 5.75 Å². The van der Waals surface area contributed by atoms with Gasteiger partial charge in [-0.2, -0.15) is 0 Å². The van der Waals surface area contributed by atoms with Crippen molar-refractivity contribution in [3.63, 3.8) is 0 Å². The minimum absolute atomic E-state index is 0.0809. The highest BCUT2D eigenvalue weighted by molar-refractivity contribution is 6.35. The van der Waals surface area contributed by atoms with Gasteiger partial charge in [0.1, 0.15) is 5.75 Å². The zero-order valence-electron chi connectivity index (χ0n) is 13.6. The van der Waals surface area contributed by atoms with E-state index in [2.05, 4.69) is 10.6 Å². The lowest BCUT2D eigenvalue weighted by Crippen LogP contribution is -2.30. The van der Waals surface area contributed by atoms with Crippen LogP contribution in [0, 0.1) is 0 Å². The smallest absolute Gasteiger partial charge is 0.238 e. The number of hydrogen-bond donors (Lipinski definition) is 2. The molecule has 2 rings (SSSR count). The van der Waals surface area contributed by atoms with Gasteiger partial charge in [-0.1, -0.05) is 41.4 Å². The van der Waals surface area contributed by atoms with Gasteiger partial charge in [-0.25, -0.2) is 0 Å². The molecule has 0 heterocycles. The number of hydrogen-bond acceptors (Lipinski definition) is 3. The molecule has 0 saturated carbocycles. The molecule has 0 fully saturated rings. The van der Waals surface area contributed by atoms with E-state index < -0.39 is 0 Å². The first kappa shape index (κ1) is 18.6. The summed E-state index contributed by atoms with van der Waals surface area (Å²) < 4.78 is 5.49. The number of amides is 1. The fourth-order valence-electron chi connectivity index (χ4n) is 2.25. The number of carbonyl (C=O) groups is 1. The minimum Gasteiger partial charge on any atom is -0.492 e. The molecular weight excluding hydrogens is 347 g/mol. The standard InChI is InChI=1S/C18H20Cl2N2O2/c1-3-24-17-7-5-4-6-16(17)22-18(23)11-21-12(2)14-9-8-13(19)10-15(14)20/h4-10,12,21H,3,11H2,1-2H3,(H,22,23)/t12-/m0/s1. The number of nitrogens with one attached hydrogen (secondary N) is 2. The molecule has 24 heavy (non-hydrogen) atoms. The largest absolute Gasteiger partial charge is 0.492 e. The van der Waals surface area contributed by atoms with E-state index in [0.29, 0.717) is 28.1 Å². The van der Waals surface area contributed by atoms with Crippen molar-refractivity contribution in [1.29, 1.82) is 0 Å². The summed E-state index contributed by atoms with van der Waals surface area (Å²) in [6.45, 7) is 4.53. The second-order valence-electron chi connectivity index (χ2n) is 5.25. The molecule has 0 saturated heterocycles. The normalized spacial score (nSPS) is 11.8. The number of anilines is 1. The topological polar surface area (TPSA) is 50.4 Å². The Morgan fingerprint density at radius 3 is 2.67 bits per heavy atom. The molecule has 1 amide bonds. The first-order chi connectivity index (χ1) is 11.5. The van der Waals surface area contributed by atoms with Crippen LogP contribution in [0.2, 0.25) is 10.0 Å². The Hall–Kier alpha value is -1.75. The summed E-state index contributed by atoms with van der Waals surface area (Å²) >= 11 is 12.1. The second kappa shape index (κ2) is 8.92. The van der Waals surface area contributed by atoms with E-state index in [1.807, 2.05) is 44.2 Å². The molecule has 0 aromatic heterocycles. The molecule has 6 heteroatoms. The number of rotatable bonds is 7.